The van der Waals surface area contributed by atoms with Gasteiger partial charge in [-0.15, -0.1) is 0 Å². The van der Waals surface area contributed by atoms with Gasteiger partial charge in [0.1, 0.15) is 0 Å². The van der Waals surface area contributed by atoms with Gasteiger partial charge in [-0.3, -0.25) is 0 Å². The highest BCUT2D eigenvalue weighted by molar-refractivity contribution is 5.77. The van der Waals surface area contributed by atoms with Gasteiger partial charge >= 0.3 is 0 Å². The predicted octanol–water partition coefficient (Wildman–Crippen LogP) is 6.54. The molecule has 0 N–H and O–H groups in total. The van der Waals surface area contributed by atoms with Gasteiger partial charge in [-0.05, 0) is 92.1 Å². The largest absolute Gasteiger partial charge is 0.372 e. The van der Waals surface area contributed by atoms with Crippen LogP contribution in [-0.2, 0) is 12.8 Å². The van der Waals surface area contributed by atoms with Crippen LogP contribution < -0.4 is 9.80 Å². The minimum atomic E-state index is 0.971. The Kier molecular flexibility index (Phi) is 6.13. The second kappa shape index (κ2) is 8.95. The highest BCUT2D eigenvalue weighted by atomic mass is 15.1. The molecule has 3 aromatic carbocycles. The Hall–Kier alpha value is -2.74. The molecule has 0 bridgehead atoms. The Balaban J connectivity index is 1.69. The van der Waals surface area contributed by atoms with Crippen molar-refractivity contribution < 1.29 is 0 Å². The van der Waals surface area contributed by atoms with Crippen molar-refractivity contribution in [1.29, 1.82) is 0 Å². The molecule has 30 heavy (non-hydrogen) atoms. The van der Waals surface area contributed by atoms with Crippen LogP contribution in [0.2, 0.25) is 0 Å². The smallest absolute Gasteiger partial charge is 0.0389 e. The molecule has 0 aliphatic heterocycles. The highest BCUT2D eigenvalue weighted by Crippen LogP contribution is 2.37. The van der Waals surface area contributed by atoms with E-state index in [9.17, 15) is 0 Å². The van der Waals surface area contributed by atoms with E-state index >= 15 is 0 Å². The summed E-state index contributed by atoms with van der Waals surface area (Å²) in [5, 5.41) is 0. The molecule has 0 saturated carbocycles. The van der Waals surface area contributed by atoms with Crippen LogP contribution in [0.25, 0.3) is 11.1 Å². The first-order valence-corrected chi connectivity index (χ1v) is 11.5. The summed E-state index contributed by atoms with van der Waals surface area (Å²) in [6.07, 6.45) is 2.04. The van der Waals surface area contributed by atoms with Crippen molar-refractivity contribution in [1.82, 2.24) is 0 Å². The summed E-state index contributed by atoms with van der Waals surface area (Å²) in [5.74, 6) is 0. The first kappa shape index (κ1) is 20.5. The maximum absolute atomic E-state index is 2.45. The van der Waals surface area contributed by atoms with E-state index in [0.29, 0.717) is 0 Å². The molecule has 2 heteroatoms. The molecule has 1 aliphatic rings. The van der Waals surface area contributed by atoms with Gasteiger partial charge < -0.3 is 9.80 Å². The van der Waals surface area contributed by atoms with Crippen molar-refractivity contribution in [3.63, 3.8) is 0 Å². The molecule has 3 aromatic rings. The summed E-state index contributed by atoms with van der Waals surface area (Å²) in [7, 11) is 0. The summed E-state index contributed by atoms with van der Waals surface area (Å²) in [4.78, 5) is 4.91. The van der Waals surface area contributed by atoms with E-state index in [-0.39, 0.29) is 0 Å². The molecule has 156 valence electrons. The normalized spacial score (nSPS) is 11.9. The van der Waals surface area contributed by atoms with Crippen LogP contribution in [-0.4, -0.2) is 26.2 Å². The molecule has 0 saturated heterocycles. The maximum Gasteiger partial charge on any atom is 0.0389 e. The zero-order valence-electron chi connectivity index (χ0n) is 18.9. The molecule has 0 radical (unpaired) electrons. The molecular formula is C28H34N2. The third-order valence-corrected chi connectivity index (χ3v) is 6.49. The zero-order valence-corrected chi connectivity index (χ0v) is 18.9. The van der Waals surface area contributed by atoms with Crippen LogP contribution in [0.3, 0.4) is 0 Å². The highest BCUT2D eigenvalue weighted by Gasteiger charge is 2.18. The number of fused-ring (bicyclic) bond motifs is 3. The van der Waals surface area contributed by atoms with E-state index < -0.39 is 0 Å². The van der Waals surface area contributed by atoms with Crippen LogP contribution in [0.1, 0.15) is 49.9 Å². The van der Waals surface area contributed by atoms with Crippen LogP contribution in [0.15, 0.2) is 60.7 Å². The van der Waals surface area contributed by atoms with E-state index in [2.05, 4.69) is 98.2 Å². The molecule has 0 unspecified atom stereocenters. The number of anilines is 2. The molecule has 1 aliphatic carbocycles. The Morgan fingerprint density at radius 3 is 1.83 bits per heavy atom. The molecular weight excluding hydrogens is 364 g/mol. The van der Waals surface area contributed by atoms with Crippen molar-refractivity contribution in [2.75, 3.05) is 36.0 Å². The summed E-state index contributed by atoms with van der Waals surface area (Å²) >= 11 is 0. The van der Waals surface area contributed by atoms with Gasteiger partial charge in [0, 0.05) is 37.6 Å². The zero-order chi connectivity index (χ0) is 21.1. The number of nitrogens with zero attached hydrogens (tertiary/aromatic N) is 2. The molecule has 2 nitrogen and oxygen atoms in total. The predicted molar refractivity (Wildman–Crippen MR) is 131 cm³/mol. The average Bonchev–Trinajstić information content (AvgIpc) is 3.13. The van der Waals surface area contributed by atoms with Gasteiger partial charge in [-0.2, -0.15) is 0 Å². The Morgan fingerprint density at radius 1 is 0.600 bits per heavy atom. The minimum absolute atomic E-state index is 0.971. The Labute approximate surface area is 182 Å². The fourth-order valence-electron chi connectivity index (χ4n) is 4.82. The molecule has 0 atom stereocenters. The van der Waals surface area contributed by atoms with Crippen molar-refractivity contribution >= 4 is 11.4 Å². The maximum atomic E-state index is 2.45. The summed E-state index contributed by atoms with van der Waals surface area (Å²) in [5.41, 5.74) is 11.2. The van der Waals surface area contributed by atoms with Gasteiger partial charge in [-0.1, -0.05) is 42.5 Å². The van der Waals surface area contributed by atoms with Gasteiger partial charge in [0.05, 0.1) is 0 Å². The van der Waals surface area contributed by atoms with Crippen molar-refractivity contribution in [3.8, 4) is 11.1 Å². The monoisotopic (exact) mass is 398 g/mol. The van der Waals surface area contributed by atoms with Crippen LogP contribution in [0.4, 0.5) is 11.4 Å². The SMILES string of the molecule is CCN(CC)c1cc(Cc2ccc3c(c2)-c2ccccc2C3)cc(N(CC)CC)c1. The number of hydrogen-bond donors (Lipinski definition) is 0. The summed E-state index contributed by atoms with van der Waals surface area (Å²) in [6, 6.07) is 23.1. The lowest BCUT2D eigenvalue weighted by Crippen LogP contribution is -2.25. The van der Waals surface area contributed by atoms with Crippen LogP contribution >= 0.6 is 0 Å². The molecule has 4 rings (SSSR count). The van der Waals surface area contributed by atoms with Crippen molar-refractivity contribution in [2.45, 2.75) is 40.5 Å². The lowest BCUT2D eigenvalue weighted by atomic mass is 9.98. The second-order valence-corrected chi connectivity index (χ2v) is 8.20. The third kappa shape index (κ3) is 3.96. The topological polar surface area (TPSA) is 6.48 Å². The van der Waals surface area contributed by atoms with Crippen molar-refractivity contribution in [3.05, 3.63) is 82.9 Å². The molecule has 0 amide bonds. The minimum Gasteiger partial charge on any atom is -0.372 e. The van der Waals surface area contributed by atoms with Crippen LogP contribution in [0, 0.1) is 0 Å². The van der Waals surface area contributed by atoms with Crippen LogP contribution in [0.5, 0.6) is 0 Å². The van der Waals surface area contributed by atoms with Gasteiger partial charge in [0.2, 0.25) is 0 Å². The molecule has 0 fully saturated rings. The summed E-state index contributed by atoms with van der Waals surface area (Å²) in [6.45, 7) is 13.1. The molecule has 0 aromatic heterocycles. The molecule has 0 heterocycles. The standard InChI is InChI=1S/C28H34N2/c1-5-29(6-2)25-16-22(17-26(20-25)30(7-3)8-4)15-21-13-14-24-19-23-11-9-10-12-27(23)28(24)18-21/h9-14,16-18,20H,5-8,15,19H2,1-4H3. The Bertz CT molecular complexity index is 983. The number of rotatable bonds is 8. The first-order valence-electron chi connectivity index (χ1n) is 11.5. The van der Waals surface area contributed by atoms with E-state index in [1.54, 1.807) is 0 Å². The molecule has 0 spiro atoms. The number of hydrogen-bond acceptors (Lipinski definition) is 2. The fraction of sp³-hybridized carbons (Fsp3) is 0.357. The van der Waals surface area contributed by atoms with Gasteiger partial charge in [0.15, 0.2) is 0 Å². The quantitative estimate of drug-likeness (QED) is 0.332. The van der Waals surface area contributed by atoms with E-state index in [1.807, 2.05) is 0 Å². The lowest BCUT2D eigenvalue weighted by molar-refractivity contribution is 0.849. The summed E-state index contributed by atoms with van der Waals surface area (Å²) < 4.78 is 0. The Morgan fingerprint density at radius 2 is 1.20 bits per heavy atom. The van der Waals surface area contributed by atoms with E-state index in [4.69, 9.17) is 0 Å². The second-order valence-electron chi connectivity index (χ2n) is 8.20. The van der Waals surface area contributed by atoms with Gasteiger partial charge in [-0.25, -0.2) is 0 Å². The lowest BCUT2D eigenvalue weighted by Gasteiger charge is -2.27. The van der Waals surface area contributed by atoms with E-state index in [1.165, 1.54) is 44.8 Å². The van der Waals surface area contributed by atoms with E-state index in [0.717, 1.165) is 39.0 Å². The first-order chi connectivity index (χ1) is 14.7. The fourth-order valence-corrected chi connectivity index (χ4v) is 4.82. The van der Waals surface area contributed by atoms with Gasteiger partial charge in [0.25, 0.3) is 0 Å². The third-order valence-electron chi connectivity index (χ3n) is 6.49. The van der Waals surface area contributed by atoms with Crippen molar-refractivity contribution in [2.24, 2.45) is 0 Å². The number of benzene rings is 3. The average molecular weight is 399 g/mol.